The molecule has 0 fully saturated rings. The molecule has 0 rings (SSSR count). The van der Waals surface area contributed by atoms with Crippen molar-refractivity contribution in [2.75, 3.05) is 6.61 Å². The Morgan fingerprint density at radius 3 is 0.902 bits per heavy atom. The van der Waals surface area contributed by atoms with E-state index >= 15 is 0 Å². The van der Waals surface area contributed by atoms with Crippen LogP contribution in [0.3, 0.4) is 0 Å². The molecule has 0 heterocycles. The Bertz CT molecular complexity index is 886. The summed E-state index contributed by atoms with van der Waals surface area (Å²) in [5.74, 6) is -0.0596. The minimum Gasteiger partial charge on any atom is -0.394 e. The lowest BCUT2D eigenvalue weighted by atomic mass is 10.0. The largest absolute Gasteiger partial charge is 0.394 e. The van der Waals surface area contributed by atoms with Crippen molar-refractivity contribution in [2.24, 2.45) is 0 Å². The van der Waals surface area contributed by atoms with E-state index in [-0.39, 0.29) is 12.5 Å². The predicted molar refractivity (Wildman–Crippen MR) is 272 cm³/mol. The lowest BCUT2D eigenvalue weighted by Gasteiger charge is -2.20. The van der Waals surface area contributed by atoms with Crippen LogP contribution in [0.15, 0.2) is 24.3 Å². The number of carbonyl (C=O) groups is 1. The Hall–Kier alpha value is -1.13. The van der Waals surface area contributed by atoms with Gasteiger partial charge in [-0.25, -0.2) is 0 Å². The van der Waals surface area contributed by atoms with Crippen molar-refractivity contribution >= 4 is 5.91 Å². The number of amides is 1. The minimum atomic E-state index is -0.838. The number of nitrogens with one attached hydrogen (secondary N) is 1. The molecule has 0 saturated carbocycles. The maximum absolute atomic E-state index is 12.5. The van der Waals surface area contributed by atoms with Crippen LogP contribution in [0.25, 0.3) is 0 Å². The van der Waals surface area contributed by atoms with Crippen LogP contribution in [-0.2, 0) is 4.79 Å². The highest BCUT2D eigenvalue weighted by molar-refractivity contribution is 5.76. The van der Waals surface area contributed by atoms with E-state index in [0.29, 0.717) is 6.42 Å². The number of hydrogen-bond donors (Lipinski definition) is 3. The summed E-state index contributed by atoms with van der Waals surface area (Å²) in [5.41, 5.74) is 0. The molecular weight excluding hydrogens is 747 g/mol. The molecule has 4 heteroatoms. The number of rotatable bonds is 52. The van der Waals surface area contributed by atoms with Crippen molar-refractivity contribution < 1.29 is 15.0 Å². The van der Waals surface area contributed by atoms with Crippen molar-refractivity contribution in [1.29, 1.82) is 0 Å². The molecule has 362 valence electrons. The second kappa shape index (κ2) is 53.2. The van der Waals surface area contributed by atoms with Gasteiger partial charge in [-0.1, -0.05) is 289 Å². The summed E-state index contributed by atoms with van der Waals surface area (Å²) >= 11 is 0. The summed E-state index contributed by atoms with van der Waals surface area (Å²) in [6.45, 7) is 4.35. The quantitative estimate of drug-likeness (QED) is 0.0422. The van der Waals surface area contributed by atoms with Crippen LogP contribution < -0.4 is 5.32 Å². The van der Waals surface area contributed by atoms with Gasteiger partial charge in [0.1, 0.15) is 0 Å². The first-order chi connectivity index (χ1) is 30.2. The number of allylic oxidation sites excluding steroid dienone is 3. The van der Waals surface area contributed by atoms with E-state index in [2.05, 4.69) is 31.3 Å². The summed E-state index contributed by atoms with van der Waals surface area (Å²) in [5, 5.41) is 23.2. The molecule has 0 aromatic heterocycles. The molecule has 0 aromatic carbocycles. The van der Waals surface area contributed by atoms with E-state index in [9.17, 15) is 15.0 Å². The second-order valence-corrected chi connectivity index (χ2v) is 19.4. The molecule has 0 aliphatic rings. The molecule has 0 radical (unpaired) electrons. The fraction of sp³-hybridized carbons (Fsp3) is 0.912. The highest BCUT2D eigenvalue weighted by Gasteiger charge is 2.18. The topological polar surface area (TPSA) is 69.6 Å². The van der Waals surface area contributed by atoms with Gasteiger partial charge in [0.25, 0.3) is 0 Å². The number of carbonyl (C=O) groups excluding carboxylic acids is 1. The molecule has 2 atom stereocenters. The molecule has 0 saturated heterocycles. The first-order valence-corrected chi connectivity index (χ1v) is 28.1. The van der Waals surface area contributed by atoms with E-state index in [4.69, 9.17) is 0 Å². The van der Waals surface area contributed by atoms with Crippen LogP contribution in [0, 0.1) is 0 Å². The molecule has 1 amide bonds. The van der Waals surface area contributed by atoms with E-state index in [1.165, 1.54) is 270 Å². The van der Waals surface area contributed by atoms with Crippen molar-refractivity contribution in [1.82, 2.24) is 5.32 Å². The van der Waals surface area contributed by atoms with Crippen molar-refractivity contribution in [3.05, 3.63) is 24.3 Å². The van der Waals surface area contributed by atoms with E-state index < -0.39 is 12.1 Å². The zero-order valence-electron chi connectivity index (χ0n) is 41.7. The average Bonchev–Trinajstić information content (AvgIpc) is 3.26. The van der Waals surface area contributed by atoms with Gasteiger partial charge in [0.15, 0.2) is 0 Å². The Kier molecular flexibility index (Phi) is 52.2. The third kappa shape index (κ3) is 49.7. The summed E-state index contributed by atoms with van der Waals surface area (Å²) < 4.78 is 0. The van der Waals surface area contributed by atoms with Gasteiger partial charge < -0.3 is 15.5 Å². The van der Waals surface area contributed by atoms with E-state index in [1.54, 1.807) is 6.08 Å². The van der Waals surface area contributed by atoms with Crippen LogP contribution in [0.4, 0.5) is 0 Å². The summed E-state index contributed by atoms with van der Waals surface area (Å²) in [6.07, 6.45) is 70.5. The second-order valence-electron chi connectivity index (χ2n) is 19.4. The van der Waals surface area contributed by atoms with Crippen molar-refractivity contribution in [3.8, 4) is 0 Å². The van der Waals surface area contributed by atoms with Crippen LogP contribution in [-0.4, -0.2) is 34.9 Å². The van der Waals surface area contributed by atoms with Gasteiger partial charge in [-0.3, -0.25) is 4.79 Å². The van der Waals surface area contributed by atoms with Gasteiger partial charge in [-0.15, -0.1) is 0 Å². The number of hydrogen-bond acceptors (Lipinski definition) is 3. The van der Waals surface area contributed by atoms with Crippen LogP contribution in [0.2, 0.25) is 0 Å². The fourth-order valence-corrected chi connectivity index (χ4v) is 8.88. The maximum atomic E-state index is 12.5. The van der Waals surface area contributed by atoms with Gasteiger partial charge in [-0.2, -0.15) is 0 Å². The molecule has 61 heavy (non-hydrogen) atoms. The number of aliphatic hydroxyl groups excluding tert-OH is 2. The molecule has 0 aliphatic heterocycles. The standard InChI is InChI=1S/C57H111NO3/c1-3-5-7-9-11-13-15-17-19-21-23-25-27-28-29-30-31-33-35-37-39-41-43-45-47-49-51-53-57(61)58-55(54-59)56(60)52-50-48-46-44-42-40-38-36-34-32-26-24-22-20-18-16-14-12-10-8-6-4-2/h28-29,50,52,55-56,59-60H,3-27,30-49,51,53-54H2,1-2H3,(H,58,61)/b29-28-,52-50+. The molecule has 3 N–H and O–H groups in total. The summed E-state index contributed by atoms with van der Waals surface area (Å²) in [6, 6.07) is -0.621. The summed E-state index contributed by atoms with van der Waals surface area (Å²) in [7, 11) is 0. The third-order valence-corrected chi connectivity index (χ3v) is 13.2. The molecular formula is C57H111NO3. The molecule has 0 spiro atoms. The first kappa shape index (κ1) is 59.9. The van der Waals surface area contributed by atoms with Gasteiger partial charge >= 0.3 is 0 Å². The van der Waals surface area contributed by atoms with Gasteiger partial charge in [0, 0.05) is 6.42 Å². The minimum absolute atomic E-state index is 0.0596. The predicted octanol–water partition coefficient (Wildman–Crippen LogP) is 18.3. The normalized spacial score (nSPS) is 12.9. The van der Waals surface area contributed by atoms with Gasteiger partial charge in [0.05, 0.1) is 18.8 Å². The van der Waals surface area contributed by atoms with Gasteiger partial charge in [0.2, 0.25) is 5.91 Å². The molecule has 4 nitrogen and oxygen atoms in total. The fourth-order valence-electron chi connectivity index (χ4n) is 8.88. The smallest absolute Gasteiger partial charge is 0.220 e. The monoisotopic (exact) mass is 858 g/mol. The van der Waals surface area contributed by atoms with E-state index in [0.717, 1.165) is 25.7 Å². The van der Waals surface area contributed by atoms with Crippen molar-refractivity contribution in [3.63, 3.8) is 0 Å². The number of aliphatic hydroxyl groups is 2. The molecule has 0 bridgehead atoms. The molecule has 2 unspecified atom stereocenters. The van der Waals surface area contributed by atoms with Crippen LogP contribution >= 0.6 is 0 Å². The SMILES string of the molecule is CCCCCCCCCCCCCC/C=C\CCCCCCCCCCCCCC(=O)NC(CO)C(O)/C=C/CCCCCCCCCCCCCCCCCCCCCC. The highest BCUT2D eigenvalue weighted by Crippen LogP contribution is 2.17. The highest BCUT2D eigenvalue weighted by atomic mass is 16.3. The van der Waals surface area contributed by atoms with Crippen LogP contribution in [0.5, 0.6) is 0 Å². The maximum Gasteiger partial charge on any atom is 0.220 e. The summed E-state index contributed by atoms with van der Waals surface area (Å²) in [4.78, 5) is 12.5. The van der Waals surface area contributed by atoms with Gasteiger partial charge in [-0.05, 0) is 44.9 Å². The Labute approximate surface area is 383 Å². The lowest BCUT2D eigenvalue weighted by molar-refractivity contribution is -0.123. The Morgan fingerprint density at radius 1 is 0.377 bits per heavy atom. The van der Waals surface area contributed by atoms with E-state index in [1.807, 2.05) is 6.08 Å². The zero-order valence-corrected chi connectivity index (χ0v) is 41.7. The molecule has 0 aliphatic carbocycles. The van der Waals surface area contributed by atoms with Crippen LogP contribution in [0.1, 0.15) is 316 Å². The molecule has 0 aromatic rings. The average molecular weight is 859 g/mol. The Morgan fingerprint density at radius 2 is 0.623 bits per heavy atom. The zero-order chi connectivity index (χ0) is 44.2. The van der Waals surface area contributed by atoms with Crippen molar-refractivity contribution in [2.45, 2.75) is 328 Å². The number of unbranched alkanes of at least 4 members (excludes halogenated alkanes) is 43. The lowest BCUT2D eigenvalue weighted by Crippen LogP contribution is -2.45. The third-order valence-electron chi connectivity index (χ3n) is 13.2. The first-order valence-electron chi connectivity index (χ1n) is 28.1. The Balaban J connectivity index is 3.47.